The maximum Gasteiger partial charge on any atom is 0.101 e. The van der Waals surface area contributed by atoms with Crippen molar-refractivity contribution >= 4 is 0 Å². The number of hydrogen-bond donors (Lipinski definition) is 0. The molecule has 0 bridgehead atoms. The summed E-state index contributed by atoms with van der Waals surface area (Å²) < 4.78 is 0. The van der Waals surface area contributed by atoms with Gasteiger partial charge in [-0.15, -0.1) is 0 Å². The van der Waals surface area contributed by atoms with Crippen LogP contribution in [-0.2, 0) is 0 Å². The van der Waals surface area contributed by atoms with Crippen molar-refractivity contribution in [3.05, 3.63) is 59.8 Å². The third kappa shape index (κ3) is 4.26. The molecule has 0 aliphatic carbocycles. The van der Waals surface area contributed by atoms with E-state index < -0.39 is 0 Å². The van der Waals surface area contributed by atoms with E-state index in [4.69, 9.17) is 10.5 Å². The Morgan fingerprint density at radius 1 is 1.19 bits per heavy atom. The summed E-state index contributed by atoms with van der Waals surface area (Å²) in [5, 5.41) is 17.5. The first kappa shape index (κ1) is 13.7. The maximum atomic E-state index is 8.88. The van der Waals surface area contributed by atoms with Crippen molar-refractivity contribution in [3.8, 4) is 12.1 Å². The molecular formula is C14H14N2. The molecule has 0 saturated heterocycles. The van der Waals surface area contributed by atoms with Crippen molar-refractivity contribution in [3.63, 3.8) is 0 Å². The predicted octanol–water partition coefficient (Wildman–Crippen LogP) is 3.59. The summed E-state index contributed by atoms with van der Waals surface area (Å²) in [6.45, 7) is 11.1. The van der Waals surface area contributed by atoms with Gasteiger partial charge < -0.3 is 0 Å². The average molecular weight is 210 g/mol. The molecule has 16 heavy (non-hydrogen) atoms. The number of nitriles is 2. The first-order chi connectivity index (χ1) is 7.56. The van der Waals surface area contributed by atoms with E-state index in [0.717, 1.165) is 11.1 Å². The van der Waals surface area contributed by atoms with Gasteiger partial charge in [-0.2, -0.15) is 10.5 Å². The molecule has 0 aromatic carbocycles. The largest absolute Gasteiger partial charge is 0.192 e. The van der Waals surface area contributed by atoms with Gasteiger partial charge in [-0.05, 0) is 25.5 Å². The summed E-state index contributed by atoms with van der Waals surface area (Å²) in [6, 6.07) is 3.80. The lowest BCUT2D eigenvalue weighted by Gasteiger charge is -2.00. The lowest BCUT2D eigenvalue weighted by molar-refractivity contribution is 1.40. The zero-order valence-electron chi connectivity index (χ0n) is 9.62. The van der Waals surface area contributed by atoms with Crippen LogP contribution in [-0.4, -0.2) is 0 Å². The van der Waals surface area contributed by atoms with Crippen molar-refractivity contribution in [2.45, 2.75) is 13.8 Å². The molecule has 80 valence electrons. The molecule has 0 atom stereocenters. The van der Waals surface area contributed by atoms with E-state index >= 15 is 0 Å². The molecule has 0 spiro atoms. The summed E-state index contributed by atoms with van der Waals surface area (Å²) >= 11 is 0. The Kier molecular flexibility index (Phi) is 6.02. The van der Waals surface area contributed by atoms with Gasteiger partial charge >= 0.3 is 0 Å². The lowest BCUT2D eigenvalue weighted by Crippen LogP contribution is -1.86. The van der Waals surface area contributed by atoms with Crippen LogP contribution < -0.4 is 0 Å². The van der Waals surface area contributed by atoms with Crippen LogP contribution >= 0.6 is 0 Å². The molecule has 0 aliphatic heterocycles. The van der Waals surface area contributed by atoms with Crippen LogP contribution in [0, 0.1) is 22.7 Å². The first-order valence-corrected chi connectivity index (χ1v) is 4.76. The minimum Gasteiger partial charge on any atom is -0.192 e. The summed E-state index contributed by atoms with van der Waals surface area (Å²) in [5.41, 5.74) is 2.07. The number of nitrogens with zero attached hydrogens (tertiary/aromatic N) is 2. The highest BCUT2D eigenvalue weighted by Crippen LogP contribution is 2.15. The third-order valence-corrected chi connectivity index (χ3v) is 1.84. The highest BCUT2D eigenvalue weighted by Gasteiger charge is 2.02. The monoisotopic (exact) mass is 210 g/mol. The second-order valence-corrected chi connectivity index (χ2v) is 3.19. The zero-order chi connectivity index (χ0) is 12.6. The van der Waals surface area contributed by atoms with Gasteiger partial charge in [0.25, 0.3) is 0 Å². The Morgan fingerprint density at radius 3 is 2.19 bits per heavy atom. The molecule has 0 aliphatic rings. The Labute approximate surface area is 96.8 Å². The molecular weight excluding hydrogens is 196 g/mol. The number of hydrogen-bond acceptors (Lipinski definition) is 2. The lowest BCUT2D eigenvalue weighted by atomic mass is 10.0. The fourth-order valence-corrected chi connectivity index (χ4v) is 0.916. The Bertz CT molecular complexity index is 460. The molecule has 0 aromatic heterocycles. The van der Waals surface area contributed by atoms with Crippen LogP contribution in [0.1, 0.15) is 13.8 Å². The minimum atomic E-state index is 0.162. The van der Waals surface area contributed by atoms with E-state index in [1.807, 2.05) is 44.2 Å². The van der Waals surface area contributed by atoms with E-state index in [9.17, 15) is 0 Å². The molecule has 2 heteroatoms. The van der Waals surface area contributed by atoms with E-state index in [1.165, 1.54) is 0 Å². The summed E-state index contributed by atoms with van der Waals surface area (Å²) in [5.74, 6) is 0. The molecule has 0 N–H and O–H groups in total. The molecule has 0 rings (SSSR count). The van der Waals surface area contributed by atoms with Crippen molar-refractivity contribution < 1.29 is 0 Å². The van der Waals surface area contributed by atoms with Gasteiger partial charge in [0.05, 0.1) is 17.2 Å². The van der Waals surface area contributed by atoms with Crippen molar-refractivity contribution in [1.82, 2.24) is 0 Å². The quantitative estimate of drug-likeness (QED) is 0.525. The highest BCUT2D eigenvalue weighted by atomic mass is 14.3. The molecule has 0 aromatic rings. The van der Waals surface area contributed by atoms with E-state index in [1.54, 1.807) is 6.08 Å². The topological polar surface area (TPSA) is 47.6 Å². The maximum absolute atomic E-state index is 8.88. The van der Waals surface area contributed by atoms with Crippen molar-refractivity contribution in [1.29, 1.82) is 10.5 Å². The van der Waals surface area contributed by atoms with Gasteiger partial charge in [0, 0.05) is 0 Å². The molecule has 0 saturated carbocycles. The van der Waals surface area contributed by atoms with Gasteiger partial charge in [0.15, 0.2) is 0 Å². The normalized spacial score (nSPS) is 12.0. The van der Waals surface area contributed by atoms with Crippen LogP contribution in [0.25, 0.3) is 0 Å². The smallest absolute Gasteiger partial charge is 0.101 e. The zero-order valence-corrected chi connectivity index (χ0v) is 9.62. The highest BCUT2D eigenvalue weighted by molar-refractivity contribution is 5.54. The van der Waals surface area contributed by atoms with Gasteiger partial charge in [-0.25, -0.2) is 0 Å². The SMILES string of the molecule is C=C(C)C(=C\C=C/C)/C=C(/C#N)C(=C)C#N. The van der Waals surface area contributed by atoms with E-state index in [-0.39, 0.29) is 11.1 Å². The van der Waals surface area contributed by atoms with Gasteiger partial charge in [0.1, 0.15) is 6.07 Å². The Hall–Kier alpha value is -2.32. The fourth-order valence-electron chi connectivity index (χ4n) is 0.916. The fraction of sp³-hybridized carbons (Fsp3) is 0.143. The van der Waals surface area contributed by atoms with Gasteiger partial charge in [-0.1, -0.05) is 37.0 Å². The van der Waals surface area contributed by atoms with Crippen LogP contribution in [0.4, 0.5) is 0 Å². The molecule has 0 unspecified atom stereocenters. The van der Waals surface area contributed by atoms with Crippen LogP contribution in [0.3, 0.4) is 0 Å². The second-order valence-electron chi connectivity index (χ2n) is 3.19. The summed E-state index contributed by atoms with van der Waals surface area (Å²) in [6.07, 6.45) is 7.19. The Morgan fingerprint density at radius 2 is 1.81 bits per heavy atom. The van der Waals surface area contributed by atoms with Gasteiger partial charge in [-0.3, -0.25) is 0 Å². The van der Waals surface area contributed by atoms with E-state index in [2.05, 4.69) is 13.2 Å². The predicted molar refractivity (Wildman–Crippen MR) is 66.2 cm³/mol. The van der Waals surface area contributed by atoms with Crippen LogP contribution in [0.2, 0.25) is 0 Å². The van der Waals surface area contributed by atoms with E-state index in [0.29, 0.717) is 0 Å². The van der Waals surface area contributed by atoms with Crippen LogP contribution in [0.15, 0.2) is 59.8 Å². The minimum absolute atomic E-state index is 0.162. The molecule has 0 fully saturated rings. The molecule has 0 amide bonds. The number of allylic oxidation sites excluding steroid dienone is 8. The number of rotatable bonds is 4. The Balaban J connectivity index is 5.38. The van der Waals surface area contributed by atoms with Gasteiger partial charge in [0.2, 0.25) is 0 Å². The molecule has 0 heterocycles. The standard InChI is InChI=1S/C14H14N2/c1-5-6-7-13(11(2)3)8-14(10-16)12(4)9-15/h5-8H,2,4H2,1,3H3/b6-5-,13-7-,14-8-. The molecule has 0 radical (unpaired) electrons. The summed E-state index contributed by atoms with van der Waals surface area (Å²) in [4.78, 5) is 0. The van der Waals surface area contributed by atoms with Crippen molar-refractivity contribution in [2.75, 3.05) is 0 Å². The second kappa shape index (κ2) is 7.04. The first-order valence-electron chi connectivity index (χ1n) is 4.76. The van der Waals surface area contributed by atoms with Crippen LogP contribution in [0.5, 0.6) is 0 Å². The average Bonchev–Trinajstić information content (AvgIpc) is 2.28. The molecule has 2 nitrogen and oxygen atoms in total. The summed E-state index contributed by atoms with van der Waals surface area (Å²) in [7, 11) is 0. The van der Waals surface area contributed by atoms with Crippen molar-refractivity contribution in [2.24, 2.45) is 0 Å². The third-order valence-electron chi connectivity index (χ3n) is 1.84.